The standard InChI is InChI=1S/C20H23N3O3/c1-13-11-23(12-14(2)26-13)20-18(10-21-15(3)22-20)17-6-4-5-16(9-17)7-8-19(24)25/h4-10,13-14H,11-12H2,1-3H3,(H,24,25)/b8-7+. The number of carbonyl (C=O) groups is 1. The highest BCUT2D eigenvalue weighted by atomic mass is 16.5. The van der Waals surface area contributed by atoms with Gasteiger partial charge in [-0.05, 0) is 44.0 Å². The minimum Gasteiger partial charge on any atom is -0.478 e. The van der Waals surface area contributed by atoms with Gasteiger partial charge in [0, 0.05) is 30.9 Å². The van der Waals surface area contributed by atoms with Gasteiger partial charge in [-0.15, -0.1) is 0 Å². The van der Waals surface area contributed by atoms with Crippen LogP contribution in [0.2, 0.25) is 0 Å². The summed E-state index contributed by atoms with van der Waals surface area (Å²) in [4.78, 5) is 22.1. The summed E-state index contributed by atoms with van der Waals surface area (Å²) in [5.74, 6) is 0.641. The van der Waals surface area contributed by atoms with Gasteiger partial charge in [-0.1, -0.05) is 18.2 Å². The highest BCUT2D eigenvalue weighted by Gasteiger charge is 2.25. The Morgan fingerprint density at radius 3 is 2.73 bits per heavy atom. The zero-order valence-electron chi connectivity index (χ0n) is 15.2. The predicted octanol–water partition coefficient (Wildman–Crippen LogP) is 3.16. The summed E-state index contributed by atoms with van der Waals surface area (Å²) in [6.07, 6.45) is 4.82. The topological polar surface area (TPSA) is 75.5 Å². The molecule has 1 aromatic carbocycles. The van der Waals surface area contributed by atoms with E-state index >= 15 is 0 Å². The van der Waals surface area contributed by atoms with Crippen LogP contribution in [0.5, 0.6) is 0 Å². The number of hydrogen-bond donors (Lipinski definition) is 1. The first-order valence-corrected chi connectivity index (χ1v) is 8.68. The van der Waals surface area contributed by atoms with E-state index in [2.05, 4.69) is 23.7 Å². The van der Waals surface area contributed by atoms with Gasteiger partial charge in [0.2, 0.25) is 0 Å². The van der Waals surface area contributed by atoms with Gasteiger partial charge in [0.1, 0.15) is 11.6 Å². The Morgan fingerprint density at radius 2 is 2.04 bits per heavy atom. The summed E-state index contributed by atoms with van der Waals surface area (Å²) >= 11 is 0. The lowest BCUT2D eigenvalue weighted by atomic mass is 10.0. The molecule has 1 saturated heterocycles. The molecule has 26 heavy (non-hydrogen) atoms. The molecule has 2 unspecified atom stereocenters. The van der Waals surface area contributed by atoms with Gasteiger partial charge in [-0.25, -0.2) is 14.8 Å². The maximum Gasteiger partial charge on any atom is 0.328 e. The lowest BCUT2D eigenvalue weighted by Gasteiger charge is -2.37. The first-order valence-electron chi connectivity index (χ1n) is 8.68. The van der Waals surface area contributed by atoms with Crippen molar-refractivity contribution in [1.29, 1.82) is 0 Å². The van der Waals surface area contributed by atoms with Gasteiger partial charge in [-0.2, -0.15) is 0 Å². The molecule has 0 radical (unpaired) electrons. The molecule has 6 heteroatoms. The molecule has 0 amide bonds. The van der Waals surface area contributed by atoms with Crippen molar-refractivity contribution in [3.05, 3.63) is 47.9 Å². The van der Waals surface area contributed by atoms with Crippen LogP contribution < -0.4 is 4.90 Å². The SMILES string of the molecule is Cc1ncc(-c2cccc(/C=C/C(=O)O)c2)c(N2CC(C)OC(C)C2)n1. The number of aryl methyl sites for hydroxylation is 1. The van der Waals surface area contributed by atoms with Crippen LogP contribution in [-0.2, 0) is 9.53 Å². The Morgan fingerprint density at radius 1 is 1.31 bits per heavy atom. The number of hydrogen-bond acceptors (Lipinski definition) is 5. The number of nitrogens with zero attached hydrogens (tertiary/aromatic N) is 3. The lowest BCUT2D eigenvalue weighted by Crippen LogP contribution is -2.46. The molecular weight excluding hydrogens is 330 g/mol. The second-order valence-corrected chi connectivity index (χ2v) is 6.61. The molecule has 1 aliphatic heterocycles. The Labute approximate surface area is 153 Å². The quantitative estimate of drug-likeness (QED) is 0.851. The van der Waals surface area contributed by atoms with E-state index in [1.807, 2.05) is 37.4 Å². The zero-order chi connectivity index (χ0) is 18.7. The summed E-state index contributed by atoms with van der Waals surface area (Å²) in [5.41, 5.74) is 2.71. The molecule has 3 rings (SSSR count). The Bertz CT molecular complexity index is 825. The van der Waals surface area contributed by atoms with Gasteiger partial charge in [0.05, 0.1) is 12.2 Å². The number of aliphatic carboxylic acids is 1. The number of morpholine rings is 1. The van der Waals surface area contributed by atoms with Crippen molar-refractivity contribution in [2.75, 3.05) is 18.0 Å². The highest BCUT2D eigenvalue weighted by molar-refractivity contribution is 5.86. The van der Waals surface area contributed by atoms with Crippen LogP contribution >= 0.6 is 0 Å². The molecule has 2 aromatic rings. The van der Waals surface area contributed by atoms with Crippen LogP contribution in [0, 0.1) is 6.92 Å². The minimum atomic E-state index is -0.967. The number of aromatic nitrogens is 2. The van der Waals surface area contributed by atoms with Gasteiger partial charge >= 0.3 is 5.97 Å². The highest BCUT2D eigenvalue weighted by Crippen LogP contribution is 2.31. The maximum atomic E-state index is 10.8. The molecule has 0 aliphatic carbocycles. The second kappa shape index (κ2) is 7.66. The van der Waals surface area contributed by atoms with E-state index in [0.29, 0.717) is 0 Å². The summed E-state index contributed by atoms with van der Waals surface area (Å²) in [6.45, 7) is 7.55. The van der Waals surface area contributed by atoms with Crippen molar-refractivity contribution in [3.8, 4) is 11.1 Å². The van der Waals surface area contributed by atoms with Gasteiger partial charge in [0.15, 0.2) is 0 Å². The van der Waals surface area contributed by atoms with Gasteiger partial charge in [0.25, 0.3) is 0 Å². The summed E-state index contributed by atoms with van der Waals surface area (Å²) < 4.78 is 5.84. The van der Waals surface area contributed by atoms with E-state index in [9.17, 15) is 4.79 Å². The molecule has 2 heterocycles. The fourth-order valence-corrected chi connectivity index (χ4v) is 3.23. The number of rotatable bonds is 4. The first kappa shape index (κ1) is 18.1. The largest absolute Gasteiger partial charge is 0.478 e. The molecule has 1 fully saturated rings. The average Bonchev–Trinajstić information content (AvgIpc) is 2.59. The number of carboxylic acids is 1. The predicted molar refractivity (Wildman–Crippen MR) is 101 cm³/mol. The van der Waals surface area contributed by atoms with Crippen LogP contribution in [0.25, 0.3) is 17.2 Å². The number of anilines is 1. The smallest absolute Gasteiger partial charge is 0.328 e. The maximum absolute atomic E-state index is 10.8. The minimum absolute atomic E-state index is 0.131. The van der Waals surface area contributed by atoms with Crippen molar-refractivity contribution in [3.63, 3.8) is 0 Å². The van der Waals surface area contributed by atoms with E-state index < -0.39 is 5.97 Å². The molecule has 136 valence electrons. The molecule has 1 aromatic heterocycles. The van der Waals surface area contributed by atoms with Crippen molar-refractivity contribution in [1.82, 2.24) is 9.97 Å². The van der Waals surface area contributed by atoms with Gasteiger partial charge in [-0.3, -0.25) is 0 Å². The van der Waals surface area contributed by atoms with Crippen molar-refractivity contribution >= 4 is 17.9 Å². The number of benzene rings is 1. The molecule has 0 spiro atoms. The van der Waals surface area contributed by atoms with Crippen LogP contribution in [0.15, 0.2) is 36.5 Å². The third-order valence-corrected chi connectivity index (χ3v) is 4.22. The zero-order valence-corrected chi connectivity index (χ0v) is 15.2. The van der Waals surface area contributed by atoms with Gasteiger partial charge < -0.3 is 14.7 Å². The van der Waals surface area contributed by atoms with E-state index in [1.165, 1.54) is 0 Å². The molecule has 2 atom stereocenters. The molecular formula is C20H23N3O3. The molecule has 1 aliphatic rings. The Hall–Kier alpha value is -2.73. The van der Waals surface area contributed by atoms with E-state index in [4.69, 9.17) is 14.8 Å². The van der Waals surface area contributed by atoms with E-state index in [1.54, 1.807) is 6.08 Å². The van der Waals surface area contributed by atoms with E-state index in [0.717, 1.165) is 47.5 Å². The average molecular weight is 353 g/mol. The monoisotopic (exact) mass is 353 g/mol. The van der Waals surface area contributed by atoms with Crippen molar-refractivity contribution < 1.29 is 14.6 Å². The fraction of sp³-hybridized carbons (Fsp3) is 0.350. The molecule has 0 saturated carbocycles. The lowest BCUT2D eigenvalue weighted by molar-refractivity contribution is -0.131. The van der Waals surface area contributed by atoms with Crippen LogP contribution in [-0.4, -0.2) is 46.3 Å². The van der Waals surface area contributed by atoms with E-state index in [-0.39, 0.29) is 12.2 Å². The third-order valence-electron chi connectivity index (χ3n) is 4.22. The number of carboxylic acid groups (broad SMARTS) is 1. The van der Waals surface area contributed by atoms with Crippen LogP contribution in [0.3, 0.4) is 0 Å². The van der Waals surface area contributed by atoms with Crippen LogP contribution in [0.4, 0.5) is 5.82 Å². The second-order valence-electron chi connectivity index (χ2n) is 6.61. The molecule has 1 N–H and O–H groups in total. The fourth-order valence-electron chi connectivity index (χ4n) is 3.23. The van der Waals surface area contributed by atoms with Crippen LogP contribution in [0.1, 0.15) is 25.2 Å². The summed E-state index contributed by atoms with van der Waals surface area (Å²) in [7, 11) is 0. The summed E-state index contributed by atoms with van der Waals surface area (Å²) in [5, 5.41) is 8.83. The molecule has 0 bridgehead atoms. The van der Waals surface area contributed by atoms with Crippen molar-refractivity contribution in [2.45, 2.75) is 33.0 Å². The van der Waals surface area contributed by atoms with Crippen molar-refractivity contribution in [2.24, 2.45) is 0 Å². The normalized spacial score (nSPS) is 20.5. The first-order chi connectivity index (χ1) is 12.4. The third kappa shape index (κ3) is 4.26. The molecule has 6 nitrogen and oxygen atoms in total. The Balaban J connectivity index is 2.00. The number of ether oxygens (including phenoxy) is 1. The Kier molecular flexibility index (Phi) is 5.32. The summed E-state index contributed by atoms with van der Waals surface area (Å²) in [6, 6.07) is 7.72.